The molecule has 0 amide bonds. The second kappa shape index (κ2) is 4.84. The Morgan fingerprint density at radius 1 is 1.17 bits per heavy atom. The van der Waals surface area contributed by atoms with Crippen molar-refractivity contribution in [2.24, 2.45) is 0 Å². The van der Waals surface area contributed by atoms with Crippen LogP contribution in [-0.2, 0) is 16.0 Å². The molecule has 0 heterocycles. The maximum atomic E-state index is 11.7. The van der Waals surface area contributed by atoms with Crippen molar-refractivity contribution in [3.8, 4) is 5.75 Å². The van der Waals surface area contributed by atoms with E-state index in [1.807, 2.05) is 13.0 Å². The molecule has 0 bridgehead atoms. The molecule has 0 atom stereocenters. The molecule has 0 aromatic heterocycles. The first-order valence-electron chi connectivity index (χ1n) is 6.04. The van der Waals surface area contributed by atoms with Crippen molar-refractivity contribution >= 4 is 11.5 Å². The smallest absolute Gasteiger partial charge is 0.334 e. The van der Waals surface area contributed by atoms with Gasteiger partial charge in [0.05, 0.1) is 14.2 Å². The van der Waals surface area contributed by atoms with E-state index in [-0.39, 0.29) is 5.97 Å². The highest BCUT2D eigenvalue weighted by Gasteiger charge is 2.24. The third-order valence-electron chi connectivity index (χ3n) is 3.45. The lowest BCUT2D eigenvalue weighted by Gasteiger charge is -2.22. The van der Waals surface area contributed by atoms with Gasteiger partial charge < -0.3 is 9.47 Å². The van der Waals surface area contributed by atoms with Crippen LogP contribution in [0.25, 0.3) is 5.57 Å². The standard InChI is InChI=1S/C15H18O3/c1-9-7-11-5-6-12(15(16)18-4)10(2)14(11)13(8-9)17-3/h7-8H,5-6H2,1-4H3. The molecule has 2 rings (SSSR count). The second-order valence-electron chi connectivity index (χ2n) is 4.60. The molecule has 0 saturated heterocycles. The van der Waals surface area contributed by atoms with E-state index in [1.165, 1.54) is 18.2 Å². The number of carbonyl (C=O) groups is 1. The van der Waals surface area contributed by atoms with Crippen LogP contribution in [0, 0.1) is 6.92 Å². The fraction of sp³-hybridized carbons (Fsp3) is 0.400. The summed E-state index contributed by atoms with van der Waals surface area (Å²) < 4.78 is 10.3. The zero-order valence-electron chi connectivity index (χ0n) is 11.3. The minimum absolute atomic E-state index is 0.235. The lowest BCUT2D eigenvalue weighted by atomic mass is 9.85. The predicted molar refractivity (Wildman–Crippen MR) is 70.7 cm³/mol. The summed E-state index contributed by atoms with van der Waals surface area (Å²) in [6.07, 6.45) is 1.59. The monoisotopic (exact) mass is 246 g/mol. The molecule has 0 aliphatic heterocycles. The van der Waals surface area contributed by atoms with Gasteiger partial charge in [-0.25, -0.2) is 4.79 Å². The number of carbonyl (C=O) groups excluding carboxylic acids is 1. The van der Waals surface area contributed by atoms with Crippen LogP contribution < -0.4 is 4.74 Å². The number of esters is 1. The first-order valence-corrected chi connectivity index (χ1v) is 6.04. The summed E-state index contributed by atoms with van der Waals surface area (Å²) in [4.78, 5) is 11.7. The normalized spacial score (nSPS) is 14.2. The molecule has 0 fully saturated rings. The van der Waals surface area contributed by atoms with E-state index < -0.39 is 0 Å². The number of methoxy groups -OCH3 is 2. The van der Waals surface area contributed by atoms with Crippen molar-refractivity contribution in [3.05, 3.63) is 34.4 Å². The quantitative estimate of drug-likeness (QED) is 0.753. The van der Waals surface area contributed by atoms with Gasteiger partial charge >= 0.3 is 5.97 Å². The van der Waals surface area contributed by atoms with Crippen molar-refractivity contribution in [2.75, 3.05) is 14.2 Å². The van der Waals surface area contributed by atoms with Gasteiger partial charge in [0.15, 0.2) is 0 Å². The first-order chi connectivity index (χ1) is 8.58. The number of benzene rings is 1. The zero-order valence-corrected chi connectivity index (χ0v) is 11.3. The number of hydrogen-bond donors (Lipinski definition) is 0. The van der Waals surface area contributed by atoms with Gasteiger partial charge in [-0.05, 0) is 49.5 Å². The maximum absolute atomic E-state index is 11.7. The van der Waals surface area contributed by atoms with Crippen LogP contribution in [0.3, 0.4) is 0 Å². The Labute approximate surface area is 107 Å². The Morgan fingerprint density at radius 3 is 2.50 bits per heavy atom. The summed E-state index contributed by atoms with van der Waals surface area (Å²) in [5, 5.41) is 0. The van der Waals surface area contributed by atoms with Gasteiger partial charge in [0, 0.05) is 11.1 Å². The second-order valence-corrected chi connectivity index (χ2v) is 4.60. The highest BCUT2D eigenvalue weighted by Crippen LogP contribution is 2.38. The Balaban J connectivity index is 2.62. The minimum Gasteiger partial charge on any atom is -0.496 e. The molecule has 1 aromatic carbocycles. The van der Waals surface area contributed by atoms with Crippen LogP contribution in [0.1, 0.15) is 30.0 Å². The first kappa shape index (κ1) is 12.7. The average Bonchev–Trinajstić information content (AvgIpc) is 2.37. The number of aryl methyl sites for hydroxylation is 2. The molecule has 0 unspecified atom stereocenters. The Morgan fingerprint density at radius 2 is 1.89 bits per heavy atom. The lowest BCUT2D eigenvalue weighted by molar-refractivity contribution is -0.136. The van der Waals surface area contributed by atoms with Gasteiger partial charge in [0.25, 0.3) is 0 Å². The fourth-order valence-corrected chi connectivity index (χ4v) is 2.59. The molecule has 3 nitrogen and oxygen atoms in total. The largest absolute Gasteiger partial charge is 0.496 e. The molecule has 1 aliphatic carbocycles. The highest BCUT2D eigenvalue weighted by molar-refractivity contribution is 5.99. The molecule has 0 spiro atoms. The molecule has 96 valence electrons. The van der Waals surface area contributed by atoms with Gasteiger partial charge in [0.1, 0.15) is 5.75 Å². The molecule has 0 N–H and O–H groups in total. The topological polar surface area (TPSA) is 35.5 Å². The van der Waals surface area contributed by atoms with Gasteiger partial charge in [-0.3, -0.25) is 0 Å². The highest BCUT2D eigenvalue weighted by atomic mass is 16.5. The van der Waals surface area contributed by atoms with Crippen LogP contribution in [-0.4, -0.2) is 20.2 Å². The van der Waals surface area contributed by atoms with E-state index in [0.717, 1.165) is 35.3 Å². The molecule has 3 heteroatoms. The van der Waals surface area contributed by atoms with E-state index in [4.69, 9.17) is 9.47 Å². The maximum Gasteiger partial charge on any atom is 0.334 e. The van der Waals surface area contributed by atoms with E-state index in [9.17, 15) is 4.79 Å². The summed E-state index contributed by atoms with van der Waals surface area (Å²) in [5.41, 5.74) is 5.21. The van der Waals surface area contributed by atoms with Crippen molar-refractivity contribution in [3.63, 3.8) is 0 Å². The fourth-order valence-electron chi connectivity index (χ4n) is 2.59. The van der Waals surface area contributed by atoms with Crippen molar-refractivity contribution in [2.45, 2.75) is 26.7 Å². The van der Waals surface area contributed by atoms with E-state index in [0.29, 0.717) is 0 Å². The molecule has 1 aliphatic rings. The van der Waals surface area contributed by atoms with Crippen LogP contribution >= 0.6 is 0 Å². The molecule has 1 aromatic rings. The van der Waals surface area contributed by atoms with Crippen molar-refractivity contribution < 1.29 is 14.3 Å². The number of rotatable bonds is 2. The van der Waals surface area contributed by atoms with Crippen molar-refractivity contribution in [1.29, 1.82) is 0 Å². The van der Waals surface area contributed by atoms with Gasteiger partial charge in [-0.2, -0.15) is 0 Å². The van der Waals surface area contributed by atoms with Crippen LogP contribution in [0.4, 0.5) is 0 Å². The average molecular weight is 246 g/mol. The third-order valence-corrected chi connectivity index (χ3v) is 3.45. The van der Waals surface area contributed by atoms with Crippen LogP contribution in [0.15, 0.2) is 17.7 Å². The number of ether oxygens (including phenoxy) is 2. The zero-order chi connectivity index (χ0) is 13.3. The van der Waals surface area contributed by atoms with Gasteiger partial charge in [-0.1, -0.05) is 6.07 Å². The Bertz CT molecular complexity index is 527. The Kier molecular flexibility index (Phi) is 3.41. The van der Waals surface area contributed by atoms with Crippen LogP contribution in [0.2, 0.25) is 0 Å². The van der Waals surface area contributed by atoms with Crippen molar-refractivity contribution in [1.82, 2.24) is 0 Å². The van der Waals surface area contributed by atoms with Gasteiger partial charge in [0.2, 0.25) is 0 Å². The molecular formula is C15H18O3. The third kappa shape index (κ3) is 2.01. The lowest BCUT2D eigenvalue weighted by Crippen LogP contribution is -2.13. The van der Waals surface area contributed by atoms with Crippen LogP contribution in [0.5, 0.6) is 5.75 Å². The minimum atomic E-state index is -0.235. The van der Waals surface area contributed by atoms with E-state index >= 15 is 0 Å². The molecule has 0 saturated carbocycles. The van der Waals surface area contributed by atoms with E-state index in [2.05, 4.69) is 13.0 Å². The summed E-state index contributed by atoms with van der Waals surface area (Å²) in [6.45, 7) is 4.01. The summed E-state index contributed by atoms with van der Waals surface area (Å²) >= 11 is 0. The van der Waals surface area contributed by atoms with Gasteiger partial charge in [-0.15, -0.1) is 0 Å². The number of allylic oxidation sites excluding steroid dienone is 1. The SMILES string of the molecule is COC(=O)C1=C(C)c2c(cc(C)cc2OC)CC1. The summed E-state index contributed by atoms with van der Waals surface area (Å²) in [7, 11) is 3.08. The summed E-state index contributed by atoms with van der Waals surface area (Å²) in [6, 6.07) is 4.16. The molecule has 0 radical (unpaired) electrons. The predicted octanol–water partition coefficient (Wildman–Crippen LogP) is 2.90. The number of fused-ring (bicyclic) bond motifs is 1. The number of hydrogen-bond acceptors (Lipinski definition) is 3. The molecule has 18 heavy (non-hydrogen) atoms. The summed E-state index contributed by atoms with van der Waals surface area (Å²) in [5.74, 6) is 0.601. The molecular weight excluding hydrogens is 228 g/mol. The Hall–Kier alpha value is -1.77. The van der Waals surface area contributed by atoms with E-state index in [1.54, 1.807) is 7.11 Å².